The zero-order valence-electron chi connectivity index (χ0n) is 21.0. The second-order valence-electron chi connectivity index (χ2n) is 9.28. The number of amides is 2. The lowest BCUT2D eigenvalue weighted by molar-refractivity contribution is -0.147. The van der Waals surface area contributed by atoms with Crippen molar-refractivity contribution in [3.63, 3.8) is 0 Å². The summed E-state index contributed by atoms with van der Waals surface area (Å²) >= 11 is 0. The first-order valence-corrected chi connectivity index (χ1v) is 11.6. The van der Waals surface area contributed by atoms with Crippen LogP contribution in [0.1, 0.15) is 44.4 Å². The molecule has 0 aliphatic heterocycles. The second-order valence-corrected chi connectivity index (χ2v) is 9.28. The Labute approximate surface area is 213 Å². The second kappa shape index (κ2) is 12.5. The van der Waals surface area contributed by atoms with Gasteiger partial charge in [-0.15, -0.1) is 0 Å². The molecule has 2 aromatic rings. The molecule has 2 atom stereocenters. The number of rotatable bonds is 9. The van der Waals surface area contributed by atoms with Gasteiger partial charge in [0.1, 0.15) is 23.4 Å². The van der Waals surface area contributed by atoms with Crippen LogP contribution in [0.3, 0.4) is 0 Å². The molecule has 37 heavy (non-hydrogen) atoms. The van der Waals surface area contributed by atoms with E-state index in [0.29, 0.717) is 11.1 Å². The number of carbonyl (C=O) groups excluding carboxylic acids is 3. The Morgan fingerprint density at radius 2 is 1.38 bits per heavy atom. The van der Waals surface area contributed by atoms with Gasteiger partial charge in [0.2, 0.25) is 5.91 Å². The van der Waals surface area contributed by atoms with Gasteiger partial charge in [0.05, 0.1) is 12.2 Å². The van der Waals surface area contributed by atoms with Crippen molar-refractivity contribution in [2.24, 2.45) is 0 Å². The van der Waals surface area contributed by atoms with E-state index in [-0.39, 0.29) is 25.2 Å². The zero-order chi connectivity index (χ0) is 27.8. The number of ether oxygens (including phenoxy) is 2. The number of phenolic OH excluding ortho intramolecular Hbond substituents is 1. The number of aromatic hydroxyl groups is 1. The summed E-state index contributed by atoms with van der Waals surface area (Å²) in [4.78, 5) is 38.2. The van der Waals surface area contributed by atoms with E-state index >= 15 is 0 Å². The summed E-state index contributed by atoms with van der Waals surface area (Å²) in [6, 6.07) is 7.77. The number of nitrogens with one attached hydrogen (secondary N) is 2. The molecule has 11 heteroatoms. The van der Waals surface area contributed by atoms with Crippen molar-refractivity contribution in [2.75, 3.05) is 6.61 Å². The number of alkyl carbamates (subject to hydrolysis) is 1. The van der Waals surface area contributed by atoms with Crippen molar-refractivity contribution in [3.8, 4) is 5.75 Å². The summed E-state index contributed by atoms with van der Waals surface area (Å²) in [5, 5.41) is 14.5. The van der Waals surface area contributed by atoms with Crippen molar-refractivity contribution in [1.29, 1.82) is 0 Å². The highest BCUT2D eigenvalue weighted by atomic mass is 19.4. The average molecular weight is 525 g/mol. The number of esters is 1. The number of alkyl halides is 3. The van der Waals surface area contributed by atoms with E-state index in [9.17, 15) is 32.7 Å². The third kappa shape index (κ3) is 10.0. The Kier molecular flexibility index (Phi) is 9.93. The Balaban J connectivity index is 2.25. The van der Waals surface area contributed by atoms with Gasteiger partial charge >= 0.3 is 18.2 Å². The van der Waals surface area contributed by atoms with E-state index in [1.54, 1.807) is 39.8 Å². The van der Waals surface area contributed by atoms with Gasteiger partial charge in [0.15, 0.2) is 0 Å². The maximum absolute atomic E-state index is 13.2. The van der Waals surface area contributed by atoms with Crippen LogP contribution in [-0.2, 0) is 38.1 Å². The molecule has 2 amide bonds. The predicted molar refractivity (Wildman–Crippen MR) is 129 cm³/mol. The number of hydrogen-bond donors (Lipinski definition) is 3. The van der Waals surface area contributed by atoms with Gasteiger partial charge < -0.3 is 25.2 Å². The maximum Gasteiger partial charge on any atom is 0.416 e. The van der Waals surface area contributed by atoms with Crippen LogP contribution in [0, 0.1) is 0 Å². The molecule has 0 aromatic heterocycles. The van der Waals surface area contributed by atoms with Gasteiger partial charge in [0, 0.05) is 12.8 Å². The number of phenols is 1. The highest BCUT2D eigenvalue weighted by molar-refractivity contribution is 5.90. The molecule has 2 aromatic carbocycles. The first-order valence-electron chi connectivity index (χ1n) is 11.6. The molecule has 0 radical (unpaired) electrons. The molecule has 8 nitrogen and oxygen atoms in total. The monoisotopic (exact) mass is 524 g/mol. The average Bonchev–Trinajstić information content (AvgIpc) is 2.78. The predicted octanol–water partition coefficient (Wildman–Crippen LogP) is 4.14. The Bertz CT molecular complexity index is 1060. The molecule has 0 saturated heterocycles. The molecule has 3 N–H and O–H groups in total. The highest BCUT2D eigenvalue weighted by Crippen LogP contribution is 2.29. The van der Waals surface area contributed by atoms with Crippen LogP contribution in [0.5, 0.6) is 5.75 Å². The van der Waals surface area contributed by atoms with Gasteiger partial charge in [-0.25, -0.2) is 9.59 Å². The van der Waals surface area contributed by atoms with E-state index in [4.69, 9.17) is 9.47 Å². The van der Waals surface area contributed by atoms with Crippen molar-refractivity contribution < 1.29 is 42.1 Å². The molecule has 0 heterocycles. The number of carbonyl (C=O) groups is 3. The van der Waals surface area contributed by atoms with Gasteiger partial charge in [-0.05, 0) is 63.1 Å². The molecule has 202 valence electrons. The minimum Gasteiger partial charge on any atom is -0.508 e. The molecule has 0 fully saturated rings. The van der Waals surface area contributed by atoms with Crippen LogP contribution in [0.25, 0.3) is 0 Å². The van der Waals surface area contributed by atoms with Crippen molar-refractivity contribution >= 4 is 18.0 Å². The fourth-order valence-electron chi connectivity index (χ4n) is 3.30. The molecule has 0 spiro atoms. The molecule has 0 aliphatic carbocycles. The first-order chi connectivity index (χ1) is 17.2. The van der Waals surface area contributed by atoms with E-state index in [1.807, 2.05) is 0 Å². The van der Waals surface area contributed by atoms with Crippen LogP contribution in [0.2, 0.25) is 0 Å². The first kappa shape index (κ1) is 29.5. The summed E-state index contributed by atoms with van der Waals surface area (Å²) in [6.07, 6.45) is -5.51. The quantitative estimate of drug-likeness (QED) is 0.425. The zero-order valence-corrected chi connectivity index (χ0v) is 21.0. The van der Waals surface area contributed by atoms with E-state index in [0.717, 1.165) is 12.1 Å². The third-order valence-corrected chi connectivity index (χ3v) is 4.99. The third-order valence-electron chi connectivity index (χ3n) is 4.99. The molecular formula is C26H31F3N2O6. The summed E-state index contributed by atoms with van der Waals surface area (Å²) in [5.41, 5.74) is -0.714. The van der Waals surface area contributed by atoms with Gasteiger partial charge in [0.25, 0.3) is 0 Å². The summed E-state index contributed by atoms with van der Waals surface area (Å²) in [6.45, 7) is 6.56. The fraction of sp³-hybridized carbons (Fsp3) is 0.423. The standard InChI is InChI=1S/C26H31F3N2O6/c1-5-36-23(34)21(15-16-6-10-18(11-7-16)26(27,28)29)30-22(33)20(31-24(35)37-25(2,3)4)14-17-8-12-19(32)13-9-17/h6-13,20-21,32H,5,14-15H2,1-4H3,(H,30,33)(H,31,35)/t20-,21-/m0/s1. The molecule has 0 aliphatic rings. The lowest BCUT2D eigenvalue weighted by atomic mass is 10.0. The number of benzene rings is 2. The van der Waals surface area contributed by atoms with Gasteiger partial charge in [-0.3, -0.25) is 4.79 Å². The van der Waals surface area contributed by atoms with E-state index in [1.165, 1.54) is 24.3 Å². The topological polar surface area (TPSA) is 114 Å². The van der Waals surface area contributed by atoms with Crippen LogP contribution in [0.15, 0.2) is 48.5 Å². The van der Waals surface area contributed by atoms with Crippen LogP contribution in [0.4, 0.5) is 18.0 Å². The molecule has 2 rings (SSSR count). The maximum atomic E-state index is 13.2. The SMILES string of the molecule is CCOC(=O)[C@H](Cc1ccc(C(F)(F)F)cc1)NC(=O)[C@H](Cc1ccc(O)cc1)NC(=O)OC(C)(C)C. The highest BCUT2D eigenvalue weighted by Gasteiger charge is 2.32. The molecular weight excluding hydrogens is 493 g/mol. The Morgan fingerprint density at radius 3 is 1.86 bits per heavy atom. The summed E-state index contributed by atoms with van der Waals surface area (Å²) in [5.74, 6) is -1.50. The normalized spacial score (nSPS) is 13.3. The largest absolute Gasteiger partial charge is 0.508 e. The summed E-state index contributed by atoms with van der Waals surface area (Å²) < 4.78 is 49.0. The number of hydrogen-bond acceptors (Lipinski definition) is 6. The lowest BCUT2D eigenvalue weighted by Gasteiger charge is -2.25. The van der Waals surface area contributed by atoms with Crippen LogP contribution in [-0.4, -0.2) is 47.4 Å². The van der Waals surface area contributed by atoms with Crippen molar-refractivity contribution in [2.45, 2.75) is 64.4 Å². The lowest BCUT2D eigenvalue weighted by Crippen LogP contribution is -2.54. The van der Waals surface area contributed by atoms with E-state index in [2.05, 4.69) is 10.6 Å². The number of halogens is 3. The molecule has 0 bridgehead atoms. The Morgan fingerprint density at radius 1 is 0.865 bits per heavy atom. The minimum absolute atomic E-state index is 0.00117. The van der Waals surface area contributed by atoms with Gasteiger partial charge in [-0.2, -0.15) is 13.2 Å². The van der Waals surface area contributed by atoms with Crippen LogP contribution < -0.4 is 10.6 Å². The Hall–Kier alpha value is -3.76. The van der Waals surface area contributed by atoms with E-state index < -0.39 is 47.4 Å². The molecule has 0 unspecified atom stereocenters. The van der Waals surface area contributed by atoms with Crippen LogP contribution >= 0.6 is 0 Å². The summed E-state index contributed by atoms with van der Waals surface area (Å²) in [7, 11) is 0. The molecule has 0 saturated carbocycles. The minimum atomic E-state index is -4.51. The van der Waals surface area contributed by atoms with Gasteiger partial charge in [-0.1, -0.05) is 24.3 Å². The van der Waals surface area contributed by atoms with Crippen molar-refractivity contribution in [1.82, 2.24) is 10.6 Å². The van der Waals surface area contributed by atoms with Crippen molar-refractivity contribution in [3.05, 3.63) is 65.2 Å². The smallest absolute Gasteiger partial charge is 0.416 e. The fourth-order valence-corrected chi connectivity index (χ4v) is 3.30.